The minimum absolute atomic E-state index is 0.0304. The van der Waals surface area contributed by atoms with Crippen LogP contribution in [0.3, 0.4) is 0 Å². The second kappa shape index (κ2) is 8.49. The number of amides is 1. The van der Waals surface area contributed by atoms with Crippen LogP contribution < -0.4 is 15.2 Å². The van der Waals surface area contributed by atoms with Gasteiger partial charge in [-0.25, -0.2) is 0 Å². The number of carbonyl (C=O) groups excluding carboxylic acids is 1. The summed E-state index contributed by atoms with van der Waals surface area (Å²) in [6.45, 7) is 0.749. The number of nitrogens with two attached hydrogens (primary N) is 1. The van der Waals surface area contributed by atoms with Crippen LogP contribution in [0.1, 0.15) is 12.0 Å². The average molecular weight is 296 g/mol. The largest absolute Gasteiger partial charge is 0.493 e. The van der Waals surface area contributed by atoms with Crippen LogP contribution in [0.4, 0.5) is 0 Å². The number of nitrogens with zero attached hydrogens (tertiary/aromatic N) is 1. The van der Waals surface area contributed by atoms with Crippen molar-refractivity contribution >= 4 is 5.91 Å². The molecule has 0 aliphatic heterocycles. The van der Waals surface area contributed by atoms with E-state index in [-0.39, 0.29) is 18.4 Å². The molecule has 0 radical (unpaired) electrons. The normalized spacial score (nSPS) is 11.9. The van der Waals surface area contributed by atoms with Crippen molar-refractivity contribution in [2.24, 2.45) is 5.73 Å². The minimum atomic E-state index is -0.257. The Morgan fingerprint density at radius 1 is 1.29 bits per heavy atom. The quantitative estimate of drug-likeness (QED) is 0.775. The summed E-state index contributed by atoms with van der Waals surface area (Å²) in [5.74, 6) is 1.26. The summed E-state index contributed by atoms with van der Waals surface area (Å²) < 4.78 is 15.8. The SMILES string of the molecule is COc1cccc(CN(C)C(=O)CC(CN)OC)c1OC. The molecule has 0 spiro atoms. The Morgan fingerprint density at radius 2 is 2.00 bits per heavy atom. The number of benzene rings is 1. The van der Waals surface area contributed by atoms with Gasteiger partial charge in [0.1, 0.15) is 0 Å². The molecule has 0 aliphatic carbocycles. The maximum Gasteiger partial charge on any atom is 0.225 e. The molecule has 0 saturated heterocycles. The number of rotatable bonds is 8. The van der Waals surface area contributed by atoms with Crippen molar-refractivity contribution in [2.75, 3.05) is 34.9 Å². The van der Waals surface area contributed by atoms with E-state index in [1.165, 1.54) is 0 Å². The number of hydrogen-bond donors (Lipinski definition) is 1. The third-order valence-corrected chi connectivity index (χ3v) is 3.32. The van der Waals surface area contributed by atoms with E-state index in [2.05, 4.69) is 0 Å². The van der Waals surface area contributed by atoms with Gasteiger partial charge in [0.05, 0.1) is 26.7 Å². The summed E-state index contributed by atoms with van der Waals surface area (Å²) in [4.78, 5) is 13.8. The lowest BCUT2D eigenvalue weighted by Crippen LogP contribution is -2.33. The molecule has 0 aromatic heterocycles. The molecule has 2 N–H and O–H groups in total. The van der Waals surface area contributed by atoms with Crippen LogP contribution in [0.15, 0.2) is 18.2 Å². The third kappa shape index (κ3) is 4.61. The van der Waals surface area contributed by atoms with Crippen molar-refractivity contribution in [1.29, 1.82) is 0 Å². The minimum Gasteiger partial charge on any atom is -0.493 e. The van der Waals surface area contributed by atoms with Gasteiger partial charge in [-0.1, -0.05) is 12.1 Å². The van der Waals surface area contributed by atoms with Crippen molar-refractivity contribution in [3.8, 4) is 11.5 Å². The standard InChI is InChI=1S/C15H24N2O4/c1-17(14(18)8-12(9-16)19-2)10-11-6-5-7-13(20-3)15(11)21-4/h5-7,12H,8-10,16H2,1-4H3. The van der Waals surface area contributed by atoms with Gasteiger partial charge in [-0.2, -0.15) is 0 Å². The molecular weight excluding hydrogens is 272 g/mol. The highest BCUT2D eigenvalue weighted by Crippen LogP contribution is 2.31. The zero-order valence-corrected chi connectivity index (χ0v) is 13.1. The topological polar surface area (TPSA) is 74.0 Å². The Labute approximate surface area is 125 Å². The molecule has 0 bridgehead atoms. The van der Waals surface area contributed by atoms with Crippen LogP contribution in [0, 0.1) is 0 Å². The van der Waals surface area contributed by atoms with Crippen LogP contribution in [-0.4, -0.2) is 51.8 Å². The summed E-state index contributed by atoms with van der Waals surface area (Å²) in [7, 11) is 6.46. The molecule has 118 valence electrons. The Bertz CT molecular complexity index is 461. The van der Waals surface area contributed by atoms with Crippen LogP contribution >= 0.6 is 0 Å². The van der Waals surface area contributed by atoms with Gasteiger partial charge in [0.15, 0.2) is 11.5 Å². The number of methoxy groups -OCH3 is 3. The third-order valence-electron chi connectivity index (χ3n) is 3.32. The Balaban J connectivity index is 2.78. The maximum absolute atomic E-state index is 12.1. The maximum atomic E-state index is 12.1. The fourth-order valence-electron chi connectivity index (χ4n) is 2.04. The first kappa shape index (κ1) is 17.3. The number of hydrogen-bond acceptors (Lipinski definition) is 5. The van der Waals surface area contributed by atoms with E-state index in [4.69, 9.17) is 19.9 Å². The molecule has 6 nitrogen and oxygen atoms in total. The molecule has 1 aromatic carbocycles. The van der Waals surface area contributed by atoms with Gasteiger partial charge >= 0.3 is 0 Å². The second-order valence-electron chi connectivity index (χ2n) is 4.70. The smallest absolute Gasteiger partial charge is 0.225 e. The van der Waals surface area contributed by atoms with Gasteiger partial charge in [-0.3, -0.25) is 4.79 Å². The summed E-state index contributed by atoms with van der Waals surface area (Å²) >= 11 is 0. The first-order chi connectivity index (χ1) is 10.1. The molecular formula is C15H24N2O4. The highest BCUT2D eigenvalue weighted by atomic mass is 16.5. The molecule has 1 unspecified atom stereocenters. The lowest BCUT2D eigenvalue weighted by atomic mass is 10.1. The average Bonchev–Trinajstić information content (AvgIpc) is 2.51. The first-order valence-corrected chi connectivity index (χ1v) is 6.74. The predicted octanol–water partition coefficient (Wildman–Crippen LogP) is 1.03. The molecule has 0 saturated carbocycles. The van der Waals surface area contributed by atoms with Gasteiger partial charge in [0, 0.05) is 32.8 Å². The van der Waals surface area contributed by atoms with Crippen molar-refractivity contribution in [3.63, 3.8) is 0 Å². The predicted molar refractivity (Wildman–Crippen MR) is 80.5 cm³/mol. The van der Waals surface area contributed by atoms with Crippen molar-refractivity contribution in [2.45, 2.75) is 19.1 Å². The Kier molecular flexibility index (Phi) is 6.98. The van der Waals surface area contributed by atoms with Gasteiger partial charge < -0.3 is 24.8 Å². The van der Waals surface area contributed by atoms with Gasteiger partial charge in [0.25, 0.3) is 0 Å². The van der Waals surface area contributed by atoms with Crippen LogP contribution in [-0.2, 0) is 16.1 Å². The molecule has 0 heterocycles. The van der Waals surface area contributed by atoms with E-state index in [9.17, 15) is 4.79 Å². The first-order valence-electron chi connectivity index (χ1n) is 6.74. The van der Waals surface area contributed by atoms with Crippen molar-refractivity contribution in [3.05, 3.63) is 23.8 Å². The van der Waals surface area contributed by atoms with E-state index >= 15 is 0 Å². The van der Waals surface area contributed by atoms with Gasteiger partial charge in [-0.05, 0) is 6.07 Å². The molecule has 1 atom stereocenters. The van der Waals surface area contributed by atoms with Gasteiger partial charge in [0.2, 0.25) is 5.91 Å². The number of para-hydroxylation sites is 1. The number of carbonyl (C=O) groups is 1. The van der Waals surface area contributed by atoms with E-state index < -0.39 is 0 Å². The van der Waals surface area contributed by atoms with Crippen LogP contribution in [0.25, 0.3) is 0 Å². The van der Waals surface area contributed by atoms with E-state index in [1.807, 2.05) is 18.2 Å². The molecule has 6 heteroatoms. The molecule has 1 rings (SSSR count). The lowest BCUT2D eigenvalue weighted by molar-refractivity contribution is -0.132. The van der Waals surface area contributed by atoms with Crippen LogP contribution in [0.2, 0.25) is 0 Å². The fraction of sp³-hybridized carbons (Fsp3) is 0.533. The van der Waals surface area contributed by atoms with Crippen molar-refractivity contribution < 1.29 is 19.0 Å². The monoisotopic (exact) mass is 296 g/mol. The second-order valence-corrected chi connectivity index (χ2v) is 4.70. The summed E-state index contributed by atoms with van der Waals surface area (Å²) in [5.41, 5.74) is 6.42. The highest BCUT2D eigenvalue weighted by Gasteiger charge is 2.18. The van der Waals surface area contributed by atoms with Gasteiger partial charge in [-0.15, -0.1) is 0 Å². The zero-order chi connectivity index (χ0) is 15.8. The molecule has 0 fully saturated rings. The summed E-state index contributed by atoms with van der Waals surface area (Å²) in [5, 5.41) is 0. The Hall–Kier alpha value is -1.79. The van der Waals surface area contributed by atoms with Crippen LogP contribution in [0.5, 0.6) is 11.5 Å². The summed E-state index contributed by atoms with van der Waals surface area (Å²) in [6.07, 6.45) is 0.00244. The zero-order valence-electron chi connectivity index (χ0n) is 13.1. The highest BCUT2D eigenvalue weighted by molar-refractivity contribution is 5.76. The summed E-state index contributed by atoms with van der Waals surface area (Å²) in [6, 6.07) is 5.59. The molecule has 0 aliphatic rings. The van der Waals surface area contributed by atoms with E-state index in [1.54, 1.807) is 33.3 Å². The molecule has 21 heavy (non-hydrogen) atoms. The Morgan fingerprint density at radius 3 is 2.52 bits per heavy atom. The molecule has 1 aromatic rings. The molecule has 1 amide bonds. The van der Waals surface area contributed by atoms with E-state index in [0.717, 1.165) is 5.56 Å². The fourth-order valence-corrected chi connectivity index (χ4v) is 2.04. The van der Waals surface area contributed by atoms with Crippen molar-refractivity contribution in [1.82, 2.24) is 4.90 Å². The number of ether oxygens (including phenoxy) is 3. The van der Waals surface area contributed by atoms with E-state index in [0.29, 0.717) is 24.6 Å². The lowest BCUT2D eigenvalue weighted by Gasteiger charge is -2.22.